The molecule has 7 heteroatoms. The molecule has 0 heterocycles. The summed E-state index contributed by atoms with van der Waals surface area (Å²) in [6.07, 6.45) is 5.10. The Morgan fingerprint density at radius 1 is 1.45 bits per heavy atom. The molecule has 0 unspecified atom stereocenters. The van der Waals surface area contributed by atoms with Crippen molar-refractivity contribution in [1.82, 2.24) is 5.32 Å². The van der Waals surface area contributed by atoms with Gasteiger partial charge in [-0.25, -0.2) is 9.59 Å². The van der Waals surface area contributed by atoms with E-state index in [4.69, 9.17) is 23.1 Å². The van der Waals surface area contributed by atoms with Gasteiger partial charge < -0.3 is 15.7 Å². The average Bonchev–Trinajstić information content (AvgIpc) is 2.38. The fraction of sp³-hybridized carbons (Fsp3) is 0.231. The lowest BCUT2D eigenvalue weighted by Gasteiger charge is -2.08. The van der Waals surface area contributed by atoms with Crippen LogP contribution < -0.4 is 10.6 Å². The summed E-state index contributed by atoms with van der Waals surface area (Å²) in [4.78, 5) is 22.3. The minimum absolute atomic E-state index is 0.0108. The van der Waals surface area contributed by atoms with Crippen LogP contribution in [0.25, 0.3) is 0 Å². The molecule has 0 saturated heterocycles. The first kappa shape index (κ1) is 16.2. The number of hydrogen-bond acceptors (Lipinski definition) is 3. The summed E-state index contributed by atoms with van der Waals surface area (Å²) in [6, 6.07) is 3.81. The molecule has 0 fully saturated rings. The van der Waals surface area contributed by atoms with Crippen LogP contribution in [0, 0.1) is 12.3 Å². The Kier molecular flexibility index (Phi) is 6.77. The number of thioether (sulfide) groups is 1. The van der Waals surface area contributed by atoms with E-state index in [1.54, 1.807) is 11.8 Å². The van der Waals surface area contributed by atoms with Gasteiger partial charge in [-0.15, -0.1) is 18.2 Å². The second-order valence-corrected chi connectivity index (χ2v) is 5.15. The molecular weight excluding hydrogens is 300 g/mol. The molecule has 1 rings (SSSR count). The number of urea groups is 1. The normalized spacial score (nSPS) is 9.60. The molecule has 3 N–H and O–H groups in total. The topological polar surface area (TPSA) is 78.4 Å². The number of carboxylic acids is 1. The van der Waals surface area contributed by atoms with Crippen molar-refractivity contribution in [3.8, 4) is 12.3 Å². The van der Waals surface area contributed by atoms with Gasteiger partial charge >= 0.3 is 12.0 Å². The summed E-state index contributed by atoms with van der Waals surface area (Å²) in [5.41, 5.74) is 0.414. The molecule has 0 atom stereocenters. The summed E-state index contributed by atoms with van der Waals surface area (Å²) in [5, 5.41) is 14.1. The number of amides is 2. The third-order valence-electron chi connectivity index (χ3n) is 2.17. The molecule has 2 amide bonds. The zero-order chi connectivity index (χ0) is 15.0. The van der Waals surface area contributed by atoms with E-state index in [1.165, 1.54) is 18.2 Å². The number of nitrogens with one attached hydrogen (secondary N) is 2. The molecule has 0 aliphatic carbocycles. The van der Waals surface area contributed by atoms with Crippen LogP contribution in [0.15, 0.2) is 18.2 Å². The molecule has 0 spiro atoms. The number of halogens is 1. The first-order chi connectivity index (χ1) is 9.54. The van der Waals surface area contributed by atoms with Crippen molar-refractivity contribution in [3.63, 3.8) is 0 Å². The van der Waals surface area contributed by atoms with Crippen LogP contribution >= 0.6 is 23.4 Å². The Labute approximate surface area is 126 Å². The summed E-state index contributed by atoms with van der Waals surface area (Å²) in [7, 11) is 0. The van der Waals surface area contributed by atoms with Crippen molar-refractivity contribution in [2.45, 2.75) is 0 Å². The van der Waals surface area contributed by atoms with Gasteiger partial charge in [-0.3, -0.25) is 0 Å². The minimum atomic E-state index is -1.11. The van der Waals surface area contributed by atoms with E-state index in [0.717, 1.165) is 5.75 Å². The molecule has 1 aromatic rings. The number of carbonyl (C=O) groups is 2. The smallest absolute Gasteiger partial charge is 0.337 e. The second kappa shape index (κ2) is 8.35. The lowest BCUT2D eigenvalue weighted by molar-refractivity contribution is 0.0697. The van der Waals surface area contributed by atoms with Crippen LogP contribution in [0.2, 0.25) is 5.02 Å². The molecule has 0 aliphatic heterocycles. The fourth-order valence-corrected chi connectivity index (χ4v) is 2.08. The summed E-state index contributed by atoms with van der Waals surface area (Å²) >= 11 is 7.34. The quantitative estimate of drug-likeness (QED) is 0.557. The van der Waals surface area contributed by atoms with E-state index in [0.29, 0.717) is 18.0 Å². The van der Waals surface area contributed by atoms with Crippen LogP contribution in [0.3, 0.4) is 0 Å². The molecule has 106 valence electrons. The standard InChI is InChI=1S/C13H13ClN2O3S/c1-2-6-20-7-5-15-13(19)16-9-3-4-10(12(17)18)11(14)8-9/h1,3-4,8H,5-7H2,(H,17,18)(H2,15,16,19). The second-order valence-electron chi connectivity index (χ2n) is 3.64. The molecule has 0 aromatic heterocycles. The number of carbonyl (C=O) groups excluding carboxylic acids is 1. The van der Waals surface area contributed by atoms with E-state index in [1.807, 2.05) is 0 Å². The fourth-order valence-electron chi connectivity index (χ4n) is 1.31. The van der Waals surface area contributed by atoms with Crippen LogP contribution in [0.4, 0.5) is 10.5 Å². The number of carboxylic acid groups (broad SMARTS) is 1. The first-order valence-corrected chi connectivity index (χ1v) is 7.16. The maximum absolute atomic E-state index is 11.5. The highest BCUT2D eigenvalue weighted by atomic mass is 35.5. The van der Waals surface area contributed by atoms with Crippen molar-refractivity contribution in [1.29, 1.82) is 0 Å². The van der Waals surface area contributed by atoms with Gasteiger partial charge in [0.1, 0.15) is 0 Å². The minimum Gasteiger partial charge on any atom is -0.478 e. The highest BCUT2D eigenvalue weighted by Crippen LogP contribution is 2.20. The monoisotopic (exact) mass is 312 g/mol. The van der Waals surface area contributed by atoms with Gasteiger partial charge in [-0.05, 0) is 18.2 Å². The number of rotatable bonds is 6. The predicted octanol–water partition coefficient (Wildman–Crippen LogP) is 2.53. The third kappa shape index (κ3) is 5.43. The Bertz CT molecular complexity index is 543. The summed E-state index contributed by atoms with van der Waals surface area (Å²) < 4.78 is 0. The SMILES string of the molecule is C#CCSCCNC(=O)Nc1ccc(C(=O)O)c(Cl)c1. The molecular formula is C13H13ClN2O3S. The van der Waals surface area contributed by atoms with Gasteiger partial charge in [-0.2, -0.15) is 0 Å². The molecule has 5 nitrogen and oxygen atoms in total. The van der Waals surface area contributed by atoms with Crippen molar-refractivity contribution >= 4 is 41.1 Å². The highest BCUT2D eigenvalue weighted by Gasteiger charge is 2.09. The lowest BCUT2D eigenvalue weighted by atomic mass is 10.2. The Balaban J connectivity index is 2.44. The van der Waals surface area contributed by atoms with Crippen LogP contribution in [-0.4, -0.2) is 35.2 Å². The maximum Gasteiger partial charge on any atom is 0.337 e. The average molecular weight is 313 g/mol. The number of hydrogen-bond donors (Lipinski definition) is 3. The van der Waals surface area contributed by atoms with E-state index in [2.05, 4.69) is 16.6 Å². The van der Waals surface area contributed by atoms with Gasteiger partial charge in [0, 0.05) is 18.0 Å². The van der Waals surface area contributed by atoms with E-state index < -0.39 is 5.97 Å². The zero-order valence-electron chi connectivity index (χ0n) is 10.5. The number of terminal acetylenes is 1. The Morgan fingerprint density at radius 3 is 2.80 bits per heavy atom. The molecule has 0 saturated carbocycles. The summed E-state index contributed by atoms with van der Waals surface area (Å²) in [6.45, 7) is 0.485. The number of aromatic carboxylic acids is 1. The number of benzene rings is 1. The summed E-state index contributed by atoms with van der Waals surface area (Å²) in [5.74, 6) is 2.70. The third-order valence-corrected chi connectivity index (χ3v) is 3.35. The lowest BCUT2D eigenvalue weighted by Crippen LogP contribution is -2.30. The van der Waals surface area contributed by atoms with Gasteiger partial charge in [0.25, 0.3) is 0 Å². The zero-order valence-corrected chi connectivity index (χ0v) is 12.1. The molecule has 0 aliphatic rings. The Morgan fingerprint density at radius 2 is 2.20 bits per heavy atom. The van der Waals surface area contributed by atoms with Crippen molar-refractivity contribution in [2.24, 2.45) is 0 Å². The van der Waals surface area contributed by atoms with Crippen LogP contribution in [0.5, 0.6) is 0 Å². The van der Waals surface area contributed by atoms with Gasteiger partial charge in [0.15, 0.2) is 0 Å². The van der Waals surface area contributed by atoms with Crippen LogP contribution in [0.1, 0.15) is 10.4 Å². The van der Waals surface area contributed by atoms with Crippen molar-refractivity contribution in [2.75, 3.05) is 23.4 Å². The largest absolute Gasteiger partial charge is 0.478 e. The number of anilines is 1. The molecule has 0 bridgehead atoms. The van der Waals surface area contributed by atoms with Crippen molar-refractivity contribution in [3.05, 3.63) is 28.8 Å². The van der Waals surface area contributed by atoms with Gasteiger partial charge in [0.05, 0.1) is 16.3 Å². The predicted molar refractivity (Wildman–Crippen MR) is 81.6 cm³/mol. The maximum atomic E-state index is 11.5. The van der Waals surface area contributed by atoms with Crippen molar-refractivity contribution < 1.29 is 14.7 Å². The molecule has 1 aromatic carbocycles. The van der Waals surface area contributed by atoms with E-state index in [-0.39, 0.29) is 16.6 Å². The van der Waals surface area contributed by atoms with E-state index in [9.17, 15) is 9.59 Å². The van der Waals surface area contributed by atoms with Gasteiger partial charge in [0.2, 0.25) is 0 Å². The van der Waals surface area contributed by atoms with Crippen LogP contribution in [-0.2, 0) is 0 Å². The molecule has 0 radical (unpaired) electrons. The van der Waals surface area contributed by atoms with Gasteiger partial charge in [-0.1, -0.05) is 17.5 Å². The van der Waals surface area contributed by atoms with E-state index >= 15 is 0 Å². The first-order valence-electron chi connectivity index (χ1n) is 5.63. The molecule has 20 heavy (non-hydrogen) atoms. The highest BCUT2D eigenvalue weighted by molar-refractivity contribution is 7.99. The Hall–Kier alpha value is -1.84.